The fourth-order valence-electron chi connectivity index (χ4n) is 2.20. The van der Waals surface area contributed by atoms with E-state index in [9.17, 15) is 0 Å². The maximum atomic E-state index is 5.75. The number of aryl methyl sites for hydroxylation is 1. The van der Waals surface area contributed by atoms with Crippen LogP contribution in [0.1, 0.15) is 30.9 Å². The third-order valence-electron chi connectivity index (χ3n) is 3.49. The summed E-state index contributed by atoms with van der Waals surface area (Å²) >= 11 is 0. The van der Waals surface area contributed by atoms with Crippen molar-refractivity contribution in [3.8, 4) is 0 Å². The topological polar surface area (TPSA) is 42.9 Å². The van der Waals surface area contributed by atoms with Gasteiger partial charge in [0.15, 0.2) is 0 Å². The molecule has 0 atom stereocenters. The van der Waals surface area contributed by atoms with Crippen molar-refractivity contribution < 1.29 is 9.57 Å². The summed E-state index contributed by atoms with van der Waals surface area (Å²) in [5, 5.41) is 7.45. The van der Waals surface area contributed by atoms with Gasteiger partial charge in [0, 0.05) is 0 Å². The molecule has 0 amide bonds. The normalized spacial score (nSPS) is 17.2. The minimum Gasteiger partial charge on any atom is -0.393 e. The van der Waals surface area contributed by atoms with Crippen LogP contribution in [0.3, 0.4) is 0 Å². The van der Waals surface area contributed by atoms with E-state index in [2.05, 4.69) is 41.7 Å². The molecule has 20 heavy (non-hydrogen) atoms. The first-order valence-corrected chi connectivity index (χ1v) is 7.31. The minimum absolute atomic E-state index is 0.377. The number of hydrogen-bond donors (Lipinski definition) is 1. The van der Waals surface area contributed by atoms with E-state index in [-0.39, 0.29) is 0 Å². The Morgan fingerprint density at radius 1 is 1.20 bits per heavy atom. The molecular weight excluding hydrogens is 252 g/mol. The molecule has 1 fully saturated rings. The lowest BCUT2D eigenvalue weighted by Crippen LogP contribution is -2.33. The van der Waals surface area contributed by atoms with Gasteiger partial charge in [-0.05, 0) is 45.3 Å². The zero-order chi connectivity index (χ0) is 14.2. The summed E-state index contributed by atoms with van der Waals surface area (Å²) in [6.07, 6.45) is 2.55. The largest absolute Gasteiger partial charge is 0.393 e. The Labute approximate surface area is 121 Å². The maximum absolute atomic E-state index is 5.75. The van der Waals surface area contributed by atoms with E-state index in [0.717, 1.165) is 37.2 Å². The summed E-state index contributed by atoms with van der Waals surface area (Å²) < 4.78 is 5.75. The second-order valence-electron chi connectivity index (χ2n) is 5.20. The van der Waals surface area contributed by atoms with E-state index >= 15 is 0 Å². The Balaban J connectivity index is 1.66. The molecule has 0 radical (unpaired) electrons. The van der Waals surface area contributed by atoms with Gasteiger partial charge in [-0.1, -0.05) is 35.0 Å². The summed E-state index contributed by atoms with van der Waals surface area (Å²) in [4.78, 5) is 5.32. The predicted octanol–water partition coefficient (Wildman–Crippen LogP) is 2.50. The molecule has 0 aromatic heterocycles. The number of rotatable bonds is 6. The molecule has 1 aromatic carbocycles. The van der Waals surface area contributed by atoms with Gasteiger partial charge in [-0.2, -0.15) is 0 Å². The molecule has 110 valence electrons. The number of nitrogens with one attached hydrogen (secondary N) is 1. The summed E-state index contributed by atoms with van der Waals surface area (Å²) in [6.45, 7) is 7.25. The van der Waals surface area contributed by atoms with E-state index in [0.29, 0.717) is 19.3 Å². The van der Waals surface area contributed by atoms with Crippen LogP contribution in [0.2, 0.25) is 0 Å². The Morgan fingerprint density at radius 2 is 1.90 bits per heavy atom. The summed E-state index contributed by atoms with van der Waals surface area (Å²) in [7, 11) is 0. The molecule has 0 aliphatic carbocycles. The third-order valence-corrected chi connectivity index (χ3v) is 3.49. The molecule has 0 unspecified atom stereocenters. The van der Waals surface area contributed by atoms with Crippen molar-refractivity contribution in [3.05, 3.63) is 35.4 Å². The first-order valence-electron chi connectivity index (χ1n) is 7.31. The molecule has 0 bridgehead atoms. The highest BCUT2D eigenvalue weighted by Crippen LogP contribution is 2.07. The zero-order valence-corrected chi connectivity index (χ0v) is 12.4. The van der Waals surface area contributed by atoms with Crippen LogP contribution in [-0.2, 0) is 9.57 Å². The zero-order valence-electron chi connectivity index (χ0n) is 12.4. The lowest BCUT2D eigenvalue weighted by molar-refractivity contribution is -0.00604. The van der Waals surface area contributed by atoms with E-state index in [1.165, 1.54) is 5.56 Å². The molecule has 4 nitrogen and oxygen atoms in total. The Bertz CT molecular complexity index is 423. The Morgan fingerprint density at radius 3 is 2.60 bits per heavy atom. The van der Waals surface area contributed by atoms with Crippen molar-refractivity contribution in [1.29, 1.82) is 0 Å². The van der Waals surface area contributed by atoms with Gasteiger partial charge in [0.05, 0.1) is 18.4 Å². The molecule has 1 saturated heterocycles. The fourth-order valence-corrected chi connectivity index (χ4v) is 2.20. The van der Waals surface area contributed by atoms with Crippen molar-refractivity contribution in [2.45, 2.75) is 32.8 Å². The highest BCUT2D eigenvalue weighted by Gasteiger charge is 2.12. The van der Waals surface area contributed by atoms with Gasteiger partial charge in [0.2, 0.25) is 0 Å². The van der Waals surface area contributed by atoms with Crippen molar-refractivity contribution in [1.82, 2.24) is 5.32 Å². The van der Waals surface area contributed by atoms with Gasteiger partial charge in [-0.3, -0.25) is 0 Å². The van der Waals surface area contributed by atoms with Gasteiger partial charge < -0.3 is 14.9 Å². The quantitative estimate of drug-likeness (QED) is 0.493. The van der Waals surface area contributed by atoms with Gasteiger partial charge >= 0.3 is 0 Å². The molecule has 1 N–H and O–H groups in total. The molecule has 1 aliphatic heterocycles. The van der Waals surface area contributed by atoms with Crippen molar-refractivity contribution >= 4 is 5.71 Å². The van der Waals surface area contributed by atoms with Crippen LogP contribution in [0, 0.1) is 6.92 Å². The summed E-state index contributed by atoms with van der Waals surface area (Å²) in [6, 6.07) is 8.27. The number of nitrogens with zero attached hydrogens (tertiary/aromatic N) is 1. The van der Waals surface area contributed by atoms with Crippen LogP contribution in [0.25, 0.3) is 0 Å². The molecule has 4 heteroatoms. The second-order valence-corrected chi connectivity index (χ2v) is 5.20. The van der Waals surface area contributed by atoms with Crippen LogP contribution in [0.15, 0.2) is 29.4 Å². The second kappa shape index (κ2) is 8.02. The SMILES string of the molecule is CC(=NOCCOC1CCNCC1)c1ccc(C)cc1. The maximum Gasteiger partial charge on any atom is 0.140 e. The van der Waals surface area contributed by atoms with Crippen molar-refractivity contribution in [2.75, 3.05) is 26.3 Å². The van der Waals surface area contributed by atoms with Crippen molar-refractivity contribution in [3.63, 3.8) is 0 Å². The number of hydrogen-bond acceptors (Lipinski definition) is 4. The monoisotopic (exact) mass is 276 g/mol. The molecule has 0 saturated carbocycles. The summed E-state index contributed by atoms with van der Waals surface area (Å²) in [5.41, 5.74) is 3.24. The lowest BCUT2D eigenvalue weighted by atomic mass is 10.1. The average Bonchev–Trinajstić information content (AvgIpc) is 2.48. The molecule has 1 aromatic rings. The van der Waals surface area contributed by atoms with Crippen LogP contribution in [-0.4, -0.2) is 38.1 Å². The van der Waals surface area contributed by atoms with E-state index < -0.39 is 0 Å². The first kappa shape index (κ1) is 15.0. The number of oxime groups is 1. The Hall–Kier alpha value is -1.39. The van der Waals surface area contributed by atoms with E-state index in [4.69, 9.17) is 9.57 Å². The molecule has 1 aliphatic rings. The smallest absolute Gasteiger partial charge is 0.140 e. The highest BCUT2D eigenvalue weighted by atomic mass is 16.6. The van der Waals surface area contributed by atoms with Gasteiger partial charge in [-0.25, -0.2) is 0 Å². The van der Waals surface area contributed by atoms with Crippen LogP contribution in [0.4, 0.5) is 0 Å². The van der Waals surface area contributed by atoms with Crippen LogP contribution < -0.4 is 5.32 Å². The van der Waals surface area contributed by atoms with Crippen LogP contribution >= 0.6 is 0 Å². The van der Waals surface area contributed by atoms with E-state index in [1.54, 1.807) is 0 Å². The predicted molar refractivity (Wildman–Crippen MR) is 81.2 cm³/mol. The van der Waals surface area contributed by atoms with E-state index in [1.807, 2.05) is 6.92 Å². The van der Waals surface area contributed by atoms with Gasteiger partial charge in [0.1, 0.15) is 6.61 Å². The average molecular weight is 276 g/mol. The third kappa shape index (κ3) is 4.94. The minimum atomic E-state index is 0.377. The van der Waals surface area contributed by atoms with Gasteiger partial charge in [-0.15, -0.1) is 0 Å². The fraction of sp³-hybridized carbons (Fsp3) is 0.562. The molecule has 1 heterocycles. The number of ether oxygens (including phenoxy) is 1. The summed E-state index contributed by atoms with van der Waals surface area (Å²) in [5.74, 6) is 0. The lowest BCUT2D eigenvalue weighted by Gasteiger charge is -2.22. The Kier molecular flexibility index (Phi) is 6.02. The van der Waals surface area contributed by atoms with Crippen LogP contribution in [0.5, 0.6) is 0 Å². The number of piperidine rings is 1. The molecular formula is C16H24N2O2. The standard InChI is InChI=1S/C16H24N2O2/c1-13-3-5-15(6-4-13)14(2)18-20-12-11-19-16-7-9-17-10-8-16/h3-6,16-17H,7-12H2,1-2H3. The molecule has 0 spiro atoms. The van der Waals surface area contributed by atoms with Crippen molar-refractivity contribution in [2.24, 2.45) is 5.16 Å². The van der Waals surface area contributed by atoms with Gasteiger partial charge in [0.25, 0.3) is 0 Å². The number of benzene rings is 1. The molecule has 2 rings (SSSR count). The highest BCUT2D eigenvalue weighted by molar-refractivity contribution is 5.98. The first-order chi connectivity index (χ1) is 9.75.